The van der Waals surface area contributed by atoms with Gasteiger partial charge in [0, 0.05) is 30.3 Å². The van der Waals surface area contributed by atoms with E-state index in [0.717, 1.165) is 36.8 Å². The molecule has 5 nitrogen and oxygen atoms in total. The highest BCUT2D eigenvalue weighted by Crippen LogP contribution is 2.25. The number of aryl methyl sites for hydroxylation is 2. The highest BCUT2D eigenvalue weighted by atomic mass is 32.2. The lowest BCUT2D eigenvalue weighted by atomic mass is 10.2. The van der Waals surface area contributed by atoms with Crippen LogP contribution in [0.2, 0.25) is 0 Å². The largest absolute Gasteiger partial charge is 0.310 e. The molecule has 2 heterocycles. The van der Waals surface area contributed by atoms with Gasteiger partial charge in [0.1, 0.15) is 5.82 Å². The molecule has 0 radical (unpaired) electrons. The first-order chi connectivity index (χ1) is 11.6. The molecule has 24 heavy (non-hydrogen) atoms. The fraction of sp³-hybridized carbons (Fsp3) is 0.444. The van der Waals surface area contributed by atoms with E-state index in [1.165, 1.54) is 4.90 Å². The van der Waals surface area contributed by atoms with Crippen molar-refractivity contribution in [1.29, 1.82) is 0 Å². The zero-order chi connectivity index (χ0) is 16.9. The number of aromatic nitrogens is 2. The van der Waals surface area contributed by atoms with Gasteiger partial charge < -0.3 is 5.32 Å². The molecular weight excluding hydrogens is 320 g/mol. The Morgan fingerprint density at radius 2 is 2.17 bits per heavy atom. The topological polar surface area (TPSA) is 50.2 Å². The van der Waals surface area contributed by atoms with Crippen LogP contribution in [-0.4, -0.2) is 46.0 Å². The zero-order valence-electron chi connectivity index (χ0n) is 14.2. The van der Waals surface area contributed by atoms with Crippen LogP contribution in [0.1, 0.15) is 12.1 Å². The molecule has 1 aliphatic rings. The minimum Gasteiger partial charge on any atom is -0.310 e. The van der Waals surface area contributed by atoms with E-state index in [1.807, 2.05) is 37.9 Å². The van der Waals surface area contributed by atoms with Gasteiger partial charge in [-0.2, -0.15) is 5.10 Å². The van der Waals surface area contributed by atoms with E-state index in [4.69, 9.17) is 0 Å². The van der Waals surface area contributed by atoms with Crippen molar-refractivity contribution in [2.75, 3.05) is 30.7 Å². The van der Waals surface area contributed by atoms with Crippen molar-refractivity contribution < 1.29 is 4.79 Å². The van der Waals surface area contributed by atoms with Crippen molar-refractivity contribution >= 4 is 23.5 Å². The average Bonchev–Trinajstić information content (AvgIpc) is 3.12. The number of benzene rings is 1. The maximum absolute atomic E-state index is 12.2. The number of carbonyl (C=O) groups is 1. The molecule has 1 aromatic heterocycles. The Morgan fingerprint density at radius 1 is 1.38 bits per heavy atom. The van der Waals surface area contributed by atoms with Crippen LogP contribution in [0, 0.1) is 12.8 Å². The van der Waals surface area contributed by atoms with Crippen molar-refractivity contribution in [2.45, 2.75) is 18.2 Å². The Kier molecular flexibility index (Phi) is 5.58. The van der Waals surface area contributed by atoms with Gasteiger partial charge in [-0.15, -0.1) is 11.8 Å². The molecule has 1 saturated heterocycles. The van der Waals surface area contributed by atoms with Crippen molar-refractivity contribution in [3.05, 3.63) is 42.1 Å². The molecule has 1 fully saturated rings. The number of nitrogens with zero attached hydrogens (tertiary/aromatic N) is 3. The first kappa shape index (κ1) is 17.0. The number of likely N-dealkylation sites (tertiary alicyclic amines) is 1. The molecule has 0 unspecified atom stereocenters. The van der Waals surface area contributed by atoms with E-state index in [0.29, 0.717) is 12.5 Å². The number of amides is 1. The van der Waals surface area contributed by atoms with E-state index < -0.39 is 0 Å². The Hall–Kier alpha value is -1.79. The van der Waals surface area contributed by atoms with Gasteiger partial charge in [-0.05, 0) is 37.9 Å². The van der Waals surface area contributed by atoms with Crippen LogP contribution in [0.15, 0.2) is 41.3 Å². The summed E-state index contributed by atoms with van der Waals surface area (Å²) in [5.74, 6) is 2.56. The number of hydrogen-bond acceptors (Lipinski definition) is 4. The molecule has 1 aromatic carbocycles. The second kappa shape index (κ2) is 7.85. The maximum atomic E-state index is 12.2. The van der Waals surface area contributed by atoms with Crippen molar-refractivity contribution in [1.82, 2.24) is 14.7 Å². The molecule has 1 aliphatic heterocycles. The van der Waals surface area contributed by atoms with Gasteiger partial charge >= 0.3 is 0 Å². The third-order valence-corrected chi connectivity index (χ3v) is 5.48. The summed E-state index contributed by atoms with van der Waals surface area (Å²) in [5, 5.41) is 7.19. The fourth-order valence-electron chi connectivity index (χ4n) is 3.04. The second-order valence-electron chi connectivity index (χ2n) is 6.36. The summed E-state index contributed by atoms with van der Waals surface area (Å²) in [4.78, 5) is 15.8. The average molecular weight is 344 g/mol. The van der Waals surface area contributed by atoms with Gasteiger partial charge in [0.25, 0.3) is 0 Å². The van der Waals surface area contributed by atoms with Crippen molar-refractivity contribution in [2.24, 2.45) is 13.0 Å². The zero-order valence-corrected chi connectivity index (χ0v) is 15.1. The number of nitrogens with one attached hydrogen (secondary N) is 1. The summed E-state index contributed by atoms with van der Waals surface area (Å²) < 4.78 is 1.70. The molecule has 0 saturated carbocycles. The SMILES string of the molecule is Cc1cc(NC(=O)CN2CC[C@@H](CSc3ccccc3)C2)n(C)n1. The first-order valence-corrected chi connectivity index (χ1v) is 9.29. The molecule has 3 rings (SSSR count). The number of anilines is 1. The van der Waals surface area contributed by atoms with Crippen LogP contribution < -0.4 is 5.32 Å². The molecule has 0 aliphatic carbocycles. The number of thioether (sulfide) groups is 1. The number of carbonyl (C=O) groups excluding carboxylic acids is 1. The summed E-state index contributed by atoms with van der Waals surface area (Å²) >= 11 is 1.91. The molecule has 128 valence electrons. The lowest BCUT2D eigenvalue weighted by molar-refractivity contribution is -0.117. The predicted molar refractivity (Wildman–Crippen MR) is 98.3 cm³/mol. The monoisotopic (exact) mass is 344 g/mol. The minimum atomic E-state index is 0.0364. The fourth-order valence-corrected chi connectivity index (χ4v) is 4.09. The van der Waals surface area contributed by atoms with Gasteiger partial charge in [-0.25, -0.2) is 0 Å². The first-order valence-electron chi connectivity index (χ1n) is 8.31. The van der Waals surface area contributed by atoms with E-state index in [9.17, 15) is 4.79 Å². The summed E-state index contributed by atoms with van der Waals surface area (Å²) in [6.07, 6.45) is 1.16. The molecule has 0 spiro atoms. The number of hydrogen-bond donors (Lipinski definition) is 1. The normalized spacial score (nSPS) is 18.0. The van der Waals surface area contributed by atoms with Gasteiger partial charge in [-0.3, -0.25) is 14.4 Å². The van der Waals surface area contributed by atoms with Gasteiger partial charge in [0.05, 0.1) is 12.2 Å². The Bertz CT molecular complexity index is 686. The van der Waals surface area contributed by atoms with E-state index in [1.54, 1.807) is 4.68 Å². The molecular formula is C18H24N4OS. The Morgan fingerprint density at radius 3 is 2.88 bits per heavy atom. The van der Waals surface area contributed by atoms with Crippen LogP contribution in [0.25, 0.3) is 0 Å². The summed E-state index contributed by atoms with van der Waals surface area (Å²) in [6.45, 7) is 4.37. The molecule has 1 amide bonds. The number of rotatable bonds is 6. The van der Waals surface area contributed by atoms with E-state index in [2.05, 4.69) is 39.6 Å². The highest BCUT2D eigenvalue weighted by molar-refractivity contribution is 7.99. The van der Waals surface area contributed by atoms with Crippen LogP contribution in [0.3, 0.4) is 0 Å². The van der Waals surface area contributed by atoms with Crippen molar-refractivity contribution in [3.8, 4) is 0 Å². The predicted octanol–water partition coefficient (Wildman–Crippen LogP) is 2.78. The highest BCUT2D eigenvalue weighted by Gasteiger charge is 2.24. The van der Waals surface area contributed by atoms with Gasteiger partial charge in [0.15, 0.2) is 0 Å². The molecule has 6 heteroatoms. The Labute approximate surface area is 147 Å². The quantitative estimate of drug-likeness (QED) is 0.819. The maximum Gasteiger partial charge on any atom is 0.239 e. The van der Waals surface area contributed by atoms with Crippen LogP contribution >= 0.6 is 11.8 Å². The van der Waals surface area contributed by atoms with Gasteiger partial charge in [0.2, 0.25) is 5.91 Å². The summed E-state index contributed by atoms with van der Waals surface area (Å²) in [6, 6.07) is 12.4. The second-order valence-corrected chi connectivity index (χ2v) is 7.45. The Balaban J connectivity index is 1.42. The van der Waals surface area contributed by atoms with Gasteiger partial charge in [-0.1, -0.05) is 18.2 Å². The lowest BCUT2D eigenvalue weighted by Gasteiger charge is -2.15. The minimum absolute atomic E-state index is 0.0364. The third kappa shape index (κ3) is 4.61. The lowest BCUT2D eigenvalue weighted by Crippen LogP contribution is -2.32. The van der Waals surface area contributed by atoms with Crippen LogP contribution in [-0.2, 0) is 11.8 Å². The molecule has 0 bridgehead atoms. The third-order valence-electron chi connectivity index (χ3n) is 4.24. The van der Waals surface area contributed by atoms with E-state index >= 15 is 0 Å². The smallest absolute Gasteiger partial charge is 0.239 e. The van der Waals surface area contributed by atoms with Crippen LogP contribution in [0.5, 0.6) is 0 Å². The molecule has 1 N–H and O–H groups in total. The molecule has 1 atom stereocenters. The standard InChI is InChI=1S/C18H24N4OS/c1-14-10-17(21(2)20-14)19-18(23)12-22-9-8-15(11-22)13-24-16-6-4-3-5-7-16/h3-7,10,15H,8-9,11-13H2,1-2H3,(H,19,23)/t15-/m1/s1. The van der Waals surface area contributed by atoms with Crippen LogP contribution in [0.4, 0.5) is 5.82 Å². The summed E-state index contributed by atoms with van der Waals surface area (Å²) in [5.41, 5.74) is 0.909. The summed E-state index contributed by atoms with van der Waals surface area (Å²) in [7, 11) is 1.84. The van der Waals surface area contributed by atoms with Crippen molar-refractivity contribution in [3.63, 3.8) is 0 Å². The van der Waals surface area contributed by atoms with E-state index in [-0.39, 0.29) is 5.91 Å². The molecule has 2 aromatic rings.